The molecule has 9 N–H and O–H groups in total. The molecule has 210 valence electrons. The highest BCUT2D eigenvalue weighted by atomic mass is 32.2. The number of carbonyl (C=O) groups is 2. The summed E-state index contributed by atoms with van der Waals surface area (Å²) < 4.78 is 28.3. The van der Waals surface area contributed by atoms with Gasteiger partial charge in [0.2, 0.25) is 21.8 Å². The minimum Gasteiger partial charge on any atom is -0.409 e. The molecule has 0 unspecified atom stereocenters. The number of oxime groups is 2. The van der Waals surface area contributed by atoms with Gasteiger partial charge in [-0.25, -0.2) is 13.1 Å². The molecule has 0 saturated heterocycles. The number of sulfonamides is 1. The van der Waals surface area contributed by atoms with E-state index in [4.69, 9.17) is 21.9 Å². The summed E-state index contributed by atoms with van der Waals surface area (Å²) in [5, 5.41) is 28.7. The van der Waals surface area contributed by atoms with Gasteiger partial charge in [0.1, 0.15) is 6.04 Å². The highest BCUT2D eigenvalue weighted by Gasteiger charge is 2.26. The second kappa shape index (κ2) is 13.7. The van der Waals surface area contributed by atoms with Gasteiger partial charge < -0.3 is 32.5 Å². The topological polar surface area (TPSA) is 222 Å². The smallest absolute Gasteiger partial charge is 0.243 e. The number of hydrogen-bond donors (Lipinski definition) is 7. The van der Waals surface area contributed by atoms with Gasteiger partial charge in [-0.05, 0) is 35.7 Å². The van der Waals surface area contributed by atoms with Crippen molar-refractivity contribution in [2.45, 2.75) is 18.2 Å². The van der Waals surface area contributed by atoms with Gasteiger partial charge in [0.25, 0.3) is 0 Å². The van der Waals surface area contributed by atoms with Crippen LogP contribution in [0, 0.1) is 0 Å². The first-order chi connectivity index (χ1) is 19.1. The lowest BCUT2D eigenvalue weighted by atomic mass is 10.0. The van der Waals surface area contributed by atoms with Crippen LogP contribution in [0.15, 0.2) is 89.2 Å². The second-order valence-electron chi connectivity index (χ2n) is 8.64. The zero-order chi connectivity index (χ0) is 29.1. The van der Waals surface area contributed by atoms with Crippen molar-refractivity contribution >= 4 is 39.2 Å². The molecule has 0 aliphatic rings. The van der Waals surface area contributed by atoms with Crippen molar-refractivity contribution in [3.05, 3.63) is 101 Å². The van der Waals surface area contributed by atoms with Crippen molar-refractivity contribution in [2.24, 2.45) is 21.8 Å². The van der Waals surface area contributed by atoms with E-state index in [-0.39, 0.29) is 23.8 Å². The minimum absolute atomic E-state index is 0.0875. The molecule has 1 atom stereocenters. The molecule has 0 aliphatic carbocycles. The first kappa shape index (κ1) is 29.6. The van der Waals surface area contributed by atoms with Gasteiger partial charge in [0.05, 0.1) is 12.3 Å². The Bertz CT molecular complexity index is 1510. The monoisotopic (exact) mass is 567 g/mol. The number of rotatable bonds is 12. The number of anilines is 1. The van der Waals surface area contributed by atoms with Crippen LogP contribution in [0.25, 0.3) is 0 Å². The molecule has 0 spiro atoms. The molecule has 2 amide bonds. The van der Waals surface area contributed by atoms with Crippen LogP contribution in [0.2, 0.25) is 0 Å². The van der Waals surface area contributed by atoms with Crippen LogP contribution >= 0.6 is 0 Å². The van der Waals surface area contributed by atoms with Crippen molar-refractivity contribution in [3.8, 4) is 0 Å². The molecule has 3 aromatic rings. The molecule has 0 saturated carbocycles. The Hall–Kier alpha value is -4.95. The van der Waals surface area contributed by atoms with Crippen LogP contribution in [-0.2, 0) is 31.8 Å². The SMILES string of the molecule is N/C(=N\O)c1cccc(NC(=O)CNC(=O)[C@@H](Cc2cccc(/C(N)=N\O)c2)NS(=O)(=O)Cc2ccccc2)c1. The van der Waals surface area contributed by atoms with Gasteiger partial charge in [0, 0.05) is 16.8 Å². The van der Waals surface area contributed by atoms with Crippen molar-refractivity contribution in [3.63, 3.8) is 0 Å². The zero-order valence-corrected chi connectivity index (χ0v) is 22.0. The molecule has 3 aromatic carbocycles. The molecular formula is C26H29N7O6S. The number of carbonyl (C=O) groups excluding carboxylic acids is 2. The van der Waals surface area contributed by atoms with E-state index in [0.717, 1.165) is 0 Å². The number of hydrogen-bond acceptors (Lipinski definition) is 8. The summed E-state index contributed by atoms with van der Waals surface area (Å²) in [5.74, 6) is -2.00. The Morgan fingerprint density at radius 2 is 1.43 bits per heavy atom. The highest BCUT2D eigenvalue weighted by molar-refractivity contribution is 7.88. The van der Waals surface area contributed by atoms with Gasteiger partial charge >= 0.3 is 0 Å². The highest BCUT2D eigenvalue weighted by Crippen LogP contribution is 2.12. The quantitative estimate of drug-likeness (QED) is 0.0711. The lowest BCUT2D eigenvalue weighted by Crippen LogP contribution is -2.49. The van der Waals surface area contributed by atoms with Crippen LogP contribution in [0.5, 0.6) is 0 Å². The van der Waals surface area contributed by atoms with E-state index in [1.54, 1.807) is 72.8 Å². The Labute approximate surface area is 230 Å². The van der Waals surface area contributed by atoms with Gasteiger partial charge in [-0.15, -0.1) is 0 Å². The van der Waals surface area contributed by atoms with E-state index in [2.05, 4.69) is 25.7 Å². The standard InChI is InChI=1S/C26H29N7O6S/c27-24(31-36)19-9-4-8-18(12-19)13-22(33-40(38,39)16-17-6-2-1-3-7-17)26(35)29-15-23(34)30-21-11-5-10-20(14-21)25(28)32-37/h1-12,14,22,33,36-37H,13,15-16H2,(H2,27,31)(H2,28,32)(H,29,35)(H,30,34)/t22-/m1/s1. The molecule has 3 rings (SSSR count). The first-order valence-corrected chi connectivity index (χ1v) is 13.5. The molecule has 0 aromatic heterocycles. The summed E-state index contributed by atoms with van der Waals surface area (Å²) in [5.41, 5.74) is 13.4. The number of nitrogens with one attached hydrogen (secondary N) is 3. The predicted molar refractivity (Wildman–Crippen MR) is 149 cm³/mol. The van der Waals surface area contributed by atoms with E-state index in [1.165, 1.54) is 6.07 Å². The Kier molecular flexibility index (Phi) is 10.2. The third-order valence-corrected chi connectivity index (χ3v) is 6.94. The van der Waals surface area contributed by atoms with E-state index >= 15 is 0 Å². The van der Waals surface area contributed by atoms with Gasteiger partial charge in [-0.2, -0.15) is 0 Å². The van der Waals surface area contributed by atoms with E-state index in [9.17, 15) is 18.0 Å². The zero-order valence-electron chi connectivity index (χ0n) is 21.2. The number of amides is 2. The fourth-order valence-corrected chi connectivity index (χ4v) is 5.04. The Morgan fingerprint density at radius 1 is 0.825 bits per heavy atom. The van der Waals surface area contributed by atoms with E-state index in [1.807, 2.05) is 0 Å². The Morgan fingerprint density at radius 3 is 2.08 bits per heavy atom. The van der Waals surface area contributed by atoms with Crippen molar-refractivity contribution < 1.29 is 28.4 Å². The molecule has 0 radical (unpaired) electrons. The van der Waals surface area contributed by atoms with Gasteiger partial charge in [-0.1, -0.05) is 71.0 Å². The summed E-state index contributed by atoms with van der Waals surface area (Å²) in [4.78, 5) is 25.6. The number of nitrogens with zero attached hydrogens (tertiary/aromatic N) is 2. The van der Waals surface area contributed by atoms with E-state index in [0.29, 0.717) is 27.9 Å². The van der Waals surface area contributed by atoms with Crippen LogP contribution in [-0.4, -0.2) is 54.9 Å². The molecular weight excluding hydrogens is 538 g/mol. The molecule has 0 aliphatic heterocycles. The summed E-state index contributed by atoms with van der Waals surface area (Å²) in [6.45, 7) is -0.465. The summed E-state index contributed by atoms with van der Waals surface area (Å²) in [7, 11) is -3.98. The second-order valence-corrected chi connectivity index (χ2v) is 10.4. The summed E-state index contributed by atoms with van der Waals surface area (Å²) >= 11 is 0. The van der Waals surface area contributed by atoms with Crippen molar-refractivity contribution in [1.82, 2.24) is 10.0 Å². The molecule has 40 heavy (non-hydrogen) atoms. The normalized spacial score (nSPS) is 12.9. The molecule has 14 heteroatoms. The summed E-state index contributed by atoms with van der Waals surface area (Å²) in [6, 6.07) is 19.8. The molecule has 13 nitrogen and oxygen atoms in total. The molecule has 0 bridgehead atoms. The van der Waals surface area contributed by atoms with E-state index < -0.39 is 34.4 Å². The lowest BCUT2D eigenvalue weighted by molar-refractivity contribution is -0.125. The largest absolute Gasteiger partial charge is 0.409 e. The van der Waals surface area contributed by atoms with Crippen LogP contribution in [0.4, 0.5) is 5.69 Å². The molecule has 0 fully saturated rings. The minimum atomic E-state index is -3.98. The van der Waals surface area contributed by atoms with Crippen molar-refractivity contribution in [2.75, 3.05) is 11.9 Å². The number of nitrogens with two attached hydrogens (primary N) is 2. The lowest BCUT2D eigenvalue weighted by Gasteiger charge is -2.19. The van der Waals surface area contributed by atoms with Crippen LogP contribution in [0.3, 0.4) is 0 Å². The van der Waals surface area contributed by atoms with Crippen molar-refractivity contribution in [1.29, 1.82) is 0 Å². The van der Waals surface area contributed by atoms with Gasteiger partial charge in [-0.3, -0.25) is 9.59 Å². The molecule has 0 heterocycles. The number of benzene rings is 3. The fraction of sp³-hybridized carbons (Fsp3) is 0.154. The predicted octanol–water partition coefficient (Wildman–Crippen LogP) is 0.661. The maximum atomic E-state index is 13.1. The fourth-order valence-electron chi connectivity index (χ4n) is 3.70. The first-order valence-electron chi connectivity index (χ1n) is 11.9. The maximum Gasteiger partial charge on any atom is 0.243 e. The average Bonchev–Trinajstić information content (AvgIpc) is 2.95. The average molecular weight is 568 g/mol. The number of amidine groups is 2. The van der Waals surface area contributed by atoms with Crippen LogP contribution < -0.4 is 26.8 Å². The maximum absolute atomic E-state index is 13.1. The third kappa shape index (κ3) is 8.82. The van der Waals surface area contributed by atoms with Gasteiger partial charge in [0.15, 0.2) is 11.7 Å². The van der Waals surface area contributed by atoms with Crippen LogP contribution in [0.1, 0.15) is 22.3 Å². The summed E-state index contributed by atoms with van der Waals surface area (Å²) in [6.07, 6.45) is -0.0875. The third-order valence-electron chi connectivity index (χ3n) is 5.58. The Balaban J connectivity index is 1.74.